The third-order valence-electron chi connectivity index (χ3n) is 2.63. The molecule has 95 valence electrons. The monoisotopic (exact) mass is 383 g/mol. The topological polar surface area (TPSA) is 0 Å². The lowest BCUT2D eigenvalue weighted by atomic mass is 9.35. The Bertz CT molecular complexity index is 422. The van der Waals surface area contributed by atoms with E-state index in [2.05, 4.69) is 37.9 Å². The molecular formula is C9H8B3Br2F4. The molecule has 0 nitrogen and oxygen atoms in total. The molecule has 0 saturated heterocycles. The van der Waals surface area contributed by atoms with Crippen molar-refractivity contribution in [3.05, 3.63) is 32.7 Å². The van der Waals surface area contributed by atoms with E-state index < -0.39 is 22.5 Å². The molecule has 0 spiro atoms. The van der Waals surface area contributed by atoms with Crippen molar-refractivity contribution in [1.29, 1.82) is 0 Å². The maximum atomic E-state index is 14.7. The zero-order valence-corrected chi connectivity index (χ0v) is 13.1. The lowest BCUT2D eigenvalue weighted by molar-refractivity contribution is -0.235. The first-order chi connectivity index (χ1) is 7.89. The number of alkyl halides is 4. The Morgan fingerprint density at radius 1 is 0.944 bits per heavy atom. The summed E-state index contributed by atoms with van der Waals surface area (Å²) in [6, 6.07) is 4.89. The summed E-state index contributed by atoms with van der Waals surface area (Å²) in [6.45, 7) is 0. The Kier molecular flexibility index (Phi) is 4.39. The van der Waals surface area contributed by atoms with Gasteiger partial charge in [-0.1, -0.05) is 37.0 Å². The van der Waals surface area contributed by atoms with Crippen LogP contribution in [0.4, 0.5) is 17.6 Å². The van der Waals surface area contributed by atoms with Crippen LogP contribution in [0.1, 0.15) is 5.56 Å². The molecule has 1 aromatic rings. The summed E-state index contributed by atoms with van der Waals surface area (Å²) >= 11 is 6.04. The highest BCUT2D eigenvalue weighted by atomic mass is 79.9. The Morgan fingerprint density at radius 2 is 1.33 bits per heavy atom. The molecule has 0 aliphatic heterocycles. The molecule has 1 atom stereocenters. The minimum Gasteiger partial charge on any atom is -0.230 e. The van der Waals surface area contributed by atoms with Crippen LogP contribution < -0.4 is 0 Å². The molecule has 0 fully saturated rings. The van der Waals surface area contributed by atoms with E-state index in [0.717, 1.165) is 12.1 Å². The molecular weight excluding hydrogens is 376 g/mol. The van der Waals surface area contributed by atoms with E-state index in [-0.39, 0.29) is 8.95 Å². The van der Waals surface area contributed by atoms with Crippen molar-refractivity contribution < 1.29 is 17.6 Å². The van der Waals surface area contributed by atoms with Crippen molar-refractivity contribution in [2.45, 2.75) is 17.0 Å². The van der Waals surface area contributed by atoms with Crippen molar-refractivity contribution in [2.24, 2.45) is 0 Å². The van der Waals surface area contributed by atoms with E-state index in [1.54, 1.807) is 0 Å². The summed E-state index contributed by atoms with van der Waals surface area (Å²) < 4.78 is 54.7. The highest BCUT2D eigenvalue weighted by Crippen LogP contribution is 2.54. The second-order valence-corrected chi connectivity index (χ2v) is 6.68. The summed E-state index contributed by atoms with van der Waals surface area (Å²) in [6.07, 6.45) is -4.99. The average Bonchev–Trinajstić information content (AvgIpc) is 2.11. The van der Waals surface area contributed by atoms with Gasteiger partial charge in [-0.25, -0.2) is 4.39 Å². The molecule has 0 aliphatic carbocycles. The number of halogens is 6. The molecule has 1 rings (SSSR count). The summed E-state index contributed by atoms with van der Waals surface area (Å²) in [4.78, 5) is 0. The Labute approximate surface area is 122 Å². The van der Waals surface area contributed by atoms with Gasteiger partial charge in [0.2, 0.25) is 5.67 Å². The fourth-order valence-corrected chi connectivity index (χ4v) is 2.91. The standard InChI is InChI=1S/C9H8B3Br2F4/c10-8(11,12)7(15,9(16,17)18)4-1-5(13)3-6(14)2-4/h1-2H,10-12H2. The fourth-order valence-electron chi connectivity index (χ4n) is 1.72. The van der Waals surface area contributed by atoms with Crippen LogP contribution in [0.2, 0.25) is 5.11 Å². The first kappa shape index (κ1) is 16.2. The van der Waals surface area contributed by atoms with Crippen LogP contribution in [0.3, 0.4) is 0 Å². The molecule has 0 bridgehead atoms. The molecule has 9 heteroatoms. The Morgan fingerprint density at radius 3 is 1.61 bits per heavy atom. The predicted molar refractivity (Wildman–Crippen MR) is 77.8 cm³/mol. The molecule has 0 N–H and O–H groups in total. The van der Waals surface area contributed by atoms with Gasteiger partial charge in [0.25, 0.3) is 0 Å². The maximum Gasteiger partial charge on any atom is 0.425 e. The second kappa shape index (κ2) is 4.89. The molecule has 0 saturated carbocycles. The van der Waals surface area contributed by atoms with Gasteiger partial charge in [-0.3, -0.25) is 0 Å². The minimum absolute atomic E-state index is 0.266. The normalized spacial score (nSPS) is 16.3. The van der Waals surface area contributed by atoms with Crippen LogP contribution in [-0.4, -0.2) is 29.7 Å². The number of benzene rings is 1. The average molecular weight is 384 g/mol. The lowest BCUT2D eigenvalue weighted by Crippen LogP contribution is -2.49. The van der Waals surface area contributed by atoms with Crippen molar-refractivity contribution in [2.75, 3.05) is 0 Å². The Balaban J connectivity index is 3.55. The van der Waals surface area contributed by atoms with E-state index in [1.807, 2.05) is 0 Å². The minimum atomic E-state index is -4.99. The van der Waals surface area contributed by atoms with Crippen molar-refractivity contribution in [1.82, 2.24) is 0 Å². The van der Waals surface area contributed by atoms with E-state index in [4.69, 9.17) is 0 Å². The third-order valence-corrected chi connectivity index (χ3v) is 3.48. The molecule has 1 unspecified atom stereocenters. The van der Waals surface area contributed by atoms with Gasteiger partial charge < -0.3 is 0 Å². The number of rotatable bonds is 2. The van der Waals surface area contributed by atoms with E-state index >= 15 is 0 Å². The van der Waals surface area contributed by atoms with Crippen LogP contribution in [0.15, 0.2) is 21.1 Å². The van der Waals surface area contributed by atoms with Crippen molar-refractivity contribution in [3.8, 4) is 0 Å². The molecule has 1 aromatic carbocycles. The number of hydrogen-bond acceptors (Lipinski definition) is 0. The number of hydrogen-bond donors (Lipinski definition) is 0. The van der Waals surface area contributed by atoms with Crippen molar-refractivity contribution >= 4 is 55.4 Å². The predicted octanol–water partition coefficient (Wildman–Crippen LogP) is 1.71. The molecule has 1 radical (unpaired) electrons. The largest absolute Gasteiger partial charge is 0.425 e. The molecule has 0 aliphatic rings. The van der Waals surface area contributed by atoms with Gasteiger partial charge in [0, 0.05) is 15.0 Å². The molecule has 0 heterocycles. The summed E-state index contributed by atoms with van der Waals surface area (Å²) in [5, 5.41) is -1.62. The highest BCUT2D eigenvalue weighted by molar-refractivity contribution is 9.11. The van der Waals surface area contributed by atoms with Gasteiger partial charge >= 0.3 is 6.18 Å². The lowest BCUT2D eigenvalue weighted by Gasteiger charge is -2.40. The summed E-state index contributed by atoms with van der Waals surface area (Å²) in [7, 11) is 3.66. The van der Waals surface area contributed by atoms with Crippen molar-refractivity contribution in [3.63, 3.8) is 0 Å². The van der Waals surface area contributed by atoms with Crippen LogP contribution in [0, 0.1) is 6.07 Å². The van der Waals surface area contributed by atoms with Gasteiger partial charge in [-0.2, -0.15) is 13.2 Å². The zero-order chi connectivity index (χ0) is 14.4. The van der Waals surface area contributed by atoms with E-state index in [9.17, 15) is 17.6 Å². The first-order valence-corrected chi connectivity index (χ1v) is 6.62. The highest BCUT2D eigenvalue weighted by Gasteiger charge is 2.63. The van der Waals surface area contributed by atoms with Gasteiger partial charge in [-0.15, -0.1) is 0 Å². The van der Waals surface area contributed by atoms with E-state index in [1.165, 1.54) is 23.5 Å². The quantitative estimate of drug-likeness (QED) is 0.538. The van der Waals surface area contributed by atoms with Crippen LogP contribution in [0.5, 0.6) is 0 Å². The van der Waals surface area contributed by atoms with Gasteiger partial charge in [-0.05, 0) is 17.7 Å². The molecule has 18 heavy (non-hydrogen) atoms. The maximum absolute atomic E-state index is 14.7. The van der Waals surface area contributed by atoms with Crippen LogP contribution in [0.25, 0.3) is 0 Å². The molecule has 0 amide bonds. The second-order valence-electron chi connectivity index (χ2n) is 4.97. The zero-order valence-electron chi connectivity index (χ0n) is 9.92. The van der Waals surface area contributed by atoms with Crippen LogP contribution in [-0.2, 0) is 5.67 Å². The Hall–Kier alpha value is 0.0948. The smallest absolute Gasteiger partial charge is 0.230 e. The van der Waals surface area contributed by atoms with Gasteiger partial charge in [0.1, 0.15) is 0 Å². The fraction of sp³-hybridized carbons (Fsp3) is 0.333. The van der Waals surface area contributed by atoms with Gasteiger partial charge in [0.05, 0.1) is 23.5 Å². The SMILES string of the molecule is BC(B)(B)C(F)(c1cc(Br)[c]c(Br)c1)C(F)(F)F. The molecule has 0 aromatic heterocycles. The van der Waals surface area contributed by atoms with E-state index in [0.29, 0.717) is 0 Å². The first-order valence-electron chi connectivity index (χ1n) is 5.04. The summed E-state index contributed by atoms with van der Waals surface area (Å²) in [5.41, 5.74) is -3.87. The van der Waals surface area contributed by atoms with Crippen LogP contribution >= 0.6 is 31.9 Å². The third kappa shape index (κ3) is 2.81. The van der Waals surface area contributed by atoms with Gasteiger partial charge in [0.15, 0.2) is 0 Å². The summed E-state index contributed by atoms with van der Waals surface area (Å²) in [5.74, 6) is 0.